The Morgan fingerprint density at radius 2 is 1.51 bits per heavy atom. The minimum atomic E-state index is -0.716. The van der Waals surface area contributed by atoms with Crippen LogP contribution in [0.25, 0.3) is 45.6 Å². The normalized spacial score (nSPS) is 19.1. The van der Waals surface area contributed by atoms with Crippen LogP contribution < -0.4 is 16.0 Å². The number of allylic oxidation sites excluding steroid dienone is 1. The number of H-pyrrole nitrogens is 1. The summed E-state index contributed by atoms with van der Waals surface area (Å²) in [6, 6.07) is 8.85. The number of pyridine rings is 1. The lowest BCUT2D eigenvalue weighted by Gasteiger charge is -2.31. The van der Waals surface area contributed by atoms with Crippen LogP contribution in [0.5, 0.6) is 0 Å². The zero-order chi connectivity index (χ0) is 51.9. The van der Waals surface area contributed by atoms with E-state index in [0.29, 0.717) is 19.6 Å². The van der Waals surface area contributed by atoms with Crippen molar-refractivity contribution in [2.75, 3.05) is 34.4 Å². The van der Waals surface area contributed by atoms with Crippen LogP contribution in [0.4, 0.5) is 9.59 Å². The fourth-order valence-corrected chi connectivity index (χ4v) is 11.7. The summed E-state index contributed by atoms with van der Waals surface area (Å²) in [5.41, 5.74) is 12.0. The molecule has 15 nitrogen and oxygen atoms in total. The quantitative estimate of drug-likeness (QED) is 0.0543. The van der Waals surface area contributed by atoms with Crippen molar-refractivity contribution in [2.24, 2.45) is 22.2 Å². The van der Waals surface area contributed by atoms with Gasteiger partial charge in [0.1, 0.15) is 23.7 Å². The molecule has 2 aliphatic carbocycles. The number of amides is 4. The van der Waals surface area contributed by atoms with Gasteiger partial charge in [-0.3, -0.25) is 19.6 Å². The number of fused-ring (bicyclic) bond motifs is 2. The molecule has 4 N–H and O–H groups in total. The number of aliphatic imine (C=N–C) groups is 1. The summed E-state index contributed by atoms with van der Waals surface area (Å²) in [5.74, 6) is 0.937. The van der Waals surface area contributed by atoms with Gasteiger partial charge in [-0.2, -0.15) is 0 Å². The SMILES string of the molecule is C#C.C=Cc1c(CNC(=NC)C2CCCN2C(=O)C(NC(=O)OC)C(C)C)ccc(-c2ncc(-c3ccc4nc(C5CCCN5C(=O)C(NC(=O)OC)C(C)C)[nH]c4c3)c3c2CC2(CCCC2)C3)c1/C=C\C. The lowest BCUT2D eigenvalue weighted by Crippen LogP contribution is -2.55. The van der Waals surface area contributed by atoms with Gasteiger partial charge in [-0.05, 0) is 121 Å². The molecule has 15 heteroatoms. The molecule has 4 unspecified atom stereocenters. The standard InChI is InChI=1S/C55H71N9O6.C2H2/c1-10-16-37-36(11-2)35(30-58-49(56-7)44-17-14-25-63(44)51(65)46(32(3)4)61-53(67)69-8)19-21-38(37)48-40-29-55(23-12-13-24-55)28-39(40)41(31-57-48)34-20-22-42-43(27-34)60-50(59-42)45-18-15-26-64(45)52(66)47(33(5)6)62-54(68)70-9;1-2/h10-11,16,19-22,27,31-33,44-47H,2,12-15,17-18,23-26,28-30H2,1,3-9H3,(H,56,58)(H,59,60)(H,61,67)(H,62,68);1-2H/b16-10-;. The van der Waals surface area contributed by atoms with E-state index in [9.17, 15) is 19.2 Å². The number of aromatic nitrogens is 3. The summed E-state index contributed by atoms with van der Waals surface area (Å²) >= 11 is 0. The molecule has 4 amide bonds. The van der Waals surface area contributed by atoms with Gasteiger partial charge < -0.3 is 40.2 Å². The fourth-order valence-electron chi connectivity index (χ4n) is 11.7. The molecule has 4 aliphatic rings. The highest BCUT2D eigenvalue weighted by molar-refractivity contribution is 5.95. The van der Waals surface area contributed by atoms with Gasteiger partial charge in [0.15, 0.2) is 0 Å². The van der Waals surface area contributed by atoms with E-state index in [1.165, 1.54) is 51.0 Å². The van der Waals surface area contributed by atoms with Gasteiger partial charge in [0.05, 0.1) is 43.0 Å². The average molecular weight is 980 g/mol. The third-order valence-electron chi connectivity index (χ3n) is 15.2. The zero-order valence-electron chi connectivity index (χ0n) is 43.4. The third kappa shape index (κ3) is 10.6. The number of nitrogens with zero attached hydrogens (tertiary/aromatic N) is 5. The van der Waals surface area contributed by atoms with Crippen molar-refractivity contribution in [3.63, 3.8) is 0 Å². The largest absolute Gasteiger partial charge is 0.453 e. The molecule has 0 radical (unpaired) electrons. The van der Waals surface area contributed by atoms with Crippen LogP contribution in [0.3, 0.4) is 0 Å². The highest BCUT2D eigenvalue weighted by Crippen LogP contribution is 2.53. The monoisotopic (exact) mass is 980 g/mol. The Balaban J connectivity index is 0.00000376. The molecule has 382 valence electrons. The van der Waals surface area contributed by atoms with Gasteiger partial charge in [-0.25, -0.2) is 14.6 Å². The van der Waals surface area contributed by atoms with Gasteiger partial charge in [0, 0.05) is 44.0 Å². The molecule has 2 aliphatic heterocycles. The molecule has 72 heavy (non-hydrogen) atoms. The highest BCUT2D eigenvalue weighted by Gasteiger charge is 2.43. The summed E-state index contributed by atoms with van der Waals surface area (Å²) in [4.78, 5) is 74.5. The lowest BCUT2D eigenvalue weighted by atomic mass is 9.82. The number of hydrogen-bond donors (Lipinski definition) is 4. The predicted octanol–water partition coefficient (Wildman–Crippen LogP) is 9.41. The number of likely N-dealkylation sites (tertiary alicyclic amines) is 2. The van der Waals surface area contributed by atoms with Crippen molar-refractivity contribution >= 4 is 53.0 Å². The van der Waals surface area contributed by atoms with Gasteiger partial charge >= 0.3 is 12.2 Å². The van der Waals surface area contributed by atoms with Gasteiger partial charge in [0.25, 0.3) is 0 Å². The van der Waals surface area contributed by atoms with E-state index in [1.807, 2.05) is 50.5 Å². The van der Waals surface area contributed by atoms with Crippen LogP contribution in [0.2, 0.25) is 0 Å². The Labute approximate surface area is 425 Å². The minimum absolute atomic E-state index is 0.121. The second-order valence-electron chi connectivity index (χ2n) is 20.3. The number of methoxy groups -OCH3 is 2. The third-order valence-corrected chi connectivity index (χ3v) is 15.2. The van der Waals surface area contributed by atoms with Crippen LogP contribution in [-0.2, 0) is 38.4 Å². The van der Waals surface area contributed by atoms with E-state index in [4.69, 9.17) is 19.4 Å². The topological polar surface area (TPSA) is 183 Å². The smallest absolute Gasteiger partial charge is 0.407 e. The van der Waals surface area contributed by atoms with E-state index < -0.39 is 24.3 Å². The Hall–Kier alpha value is -6.95. The first kappa shape index (κ1) is 52.9. The molecule has 4 atom stereocenters. The first-order chi connectivity index (χ1) is 34.7. The fraction of sp³-hybridized carbons (Fsp3) is 0.491. The number of aromatic amines is 1. The minimum Gasteiger partial charge on any atom is -0.453 e. The number of rotatable bonds is 14. The van der Waals surface area contributed by atoms with Crippen molar-refractivity contribution in [3.8, 4) is 35.2 Å². The summed E-state index contributed by atoms with van der Waals surface area (Å²) in [7, 11) is 4.36. The first-order valence-corrected chi connectivity index (χ1v) is 25.5. The molecule has 4 aromatic rings. The van der Waals surface area contributed by atoms with Gasteiger partial charge in [-0.15, -0.1) is 12.8 Å². The molecule has 2 saturated heterocycles. The first-order valence-electron chi connectivity index (χ1n) is 25.5. The number of hydrogen-bond acceptors (Lipinski definition) is 9. The number of carbonyl (C=O) groups excluding carboxylic acids is 4. The van der Waals surface area contributed by atoms with Crippen LogP contribution in [0.1, 0.15) is 126 Å². The van der Waals surface area contributed by atoms with Gasteiger partial charge in [0.2, 0.25) is 11.8 Å². The summed E-state index contributed by atoms with van der Waals surface area (Å²) in [6.07, 6.45) is 25.0. The number of imidazole rings is 1. The highest BCUT2D eigenvalue weighted by atomic mass is 16.5. The van der Waals surface area contributed by atoms with Crippen LogP contribution in [0, 0.1) is 30.1 Å². The molecule has 4 heterocycles. The van der Waals surface area contributed by atoms with Crippen molar-refractivity contribution < 1.29 is 28.7 Å². The van der Waals surface area contributed by atoms with E-state index in [0.717, 1.165) is 100 Å². The summed E-state index contributed by atoms with van der Waals surface area (Å²) in [6.45, 7) is 15.6. The summed E-state index contributed by atoms with van der Waals surface area (Å²) < 4.78 is 9.68. The van der Waals surface area contributed by atoms with Gasteiger partial charge in [-0.1, -0.05) is 83.5 Å². The molecular formula is C57H73N9O6. The zero-order valence-corrected chi connectivity index (χ0v) is 43.4. The van der Waals surface area contributed by atoms with Crippen LogP contribution >= 0.6 is 0 Å². The Morgan fingerprint density at radius 1 is 0.875 bits per heavy atom. The van der Waals surface area contributed by atoms with Crippen molar-refractivity contribution in [1.82, 2.24) is 40.7 Å². The second kappa shape index (κ2) is 23.1. The van der Waals surface area contributed by atoms with Crippen molar-refractivity contribution in [1.29, 1.82) is 0 Å². The number of benzene rings is 2. The molecule has 0 bridgehead atoms. The Morgan fingerprint density at radius 3 is 2.14 bits per heavy atom. The van der Waals surface area contributed by atoms with E-state index in [2.05, 4.69) is 94.0 Å². The molecule has 1 spiro atoms. The Bertz CT molecular complexity index is 2750. The molecular weight excluding hydrogens is 907 g/mol. The Kier molecular flexibility index (Phi) is 16.9. The summed E-state index contributed by atoms with van der Waals surface area (Å²) in [5, 5.41) is 9.09. The average Bonchev–Trinajstić information content (AvgIpc) is 4.26. The molecule has 2 aromatic carbocycles. The number of ether oxygens (including phenoxy) is 2. The maximum absolute atomic E-state index is 13.9. The molecule has 2 aromatic heterocycles. The van der Waals surface area contributed by atoms with E-state index >= 15 is 0 Å². The number of amidine groups is 1. The van der Waals surface area contributed by atoms with E-state index in [1.54, 1.807) is 7.05 Å². The molecule has 8 rings (SSSR count). The van der Waals surface area contributed by atoms with E-state index in [-0.39, 0.29) is 41.1 Å². The van der Waals surface area contributed by atoms with Crippen LogP contribution in [0.15, 0.2) is 54.2 Å². The maximum Gasteiger partial charge on any atom is 0.407 e. The maximum atomic E-state index is 13.9. The van der Waals surface area contributed by atoms with Crippen LogP contribution in [-0.4, -0.2) is 107 Å². The molecule has 3 fully saturated rings. The second-order valence-corrected chi connectivity index (χ2v) is 20.3. The lowest BCUT2D eigenvalue weighted by molar-refractivity contribution is -0.135. The predicted molar refractivity (Wildman–Crippen MR) is 285 cm³/mol. The number of carbonyl (C=O) groups is 4. The van der Waals surface area contributed by atoms with Crippen molar-refractivity contribution in [2.45, 2.75) is 130 Å². The number of nitrogens with one attached hydrogen (secondary N) is 4. The van der Waals surface area contributed by atoms with Crippen molar-refractivity contribution in [3.05, 3.63) is 82.8 Å². The number of terminal acetylenes is 1. The molecule has 1 saturated carbocycles. The number of alkyl carbamates (subject to hydrolysis) is 2.